The number of carbonyl (C=O) groups excluding carboxylic acids is 5. The molecule has 0 aliphatic carbocycles. The Morgan fingerprint density at radius 1 is 0.593 bits per heavy atom. The lowest BCUT2D eigenvalue weighted by Gasteiger charge is -2.32. The highest BCUT2D eigenvalue weighted by atomic mass is 35.5. The number of carbonyl (C=O) groups is 5. The Morgan fingerprint density at radius 2 is 1.16 bits per heavy atom. The second-order valence-corrected chi connectivity index (χ2v) is 23.6. The van der Waals surface area contributed by atoms with Crippen molar-refractivity contribution in [2.45, 2.75) is 88.4 Å². The van der Waals surface area contributed by atoms with Crippen LogP contribution < -0.4 is 26.6 Å². The number of hydrogen-bond acceptors (Lipinski definition) is 9. The maximum atomic E-state index is 14.0. The fraction of sp³-hybridized carbons (Fsp3) is 0.352. The van der Waals surface area contributed by atoms with E-state index in [4.69, 9.17) is 11.6 Å². The third-order valence-corrected chi connectivity index (χ3v) is 17.0. The molecule has 0 radical (unpaired) electrons. The molecule has 3 aliphatic heterocycles. The van der Waals surface area contributed by atoms with Crippen LogP contribution in [0.3, 0.4) is 0 Å². The number of piperidine rings is 1. The maximum absolute atomic E-state index is 14.0. The summed E-state index contributed by atoms with van der Waals surface area (Å²) < 4.78 is 0. The standard InChI is InChI=1S/C36H36ClN5O3.C35H46N4O2/c37-29-17-14-26(15-18-29)16-19-34(43)39-23-30-20-22-42(25-31(27-9-3-1-4-10-27)28-11-5-2-6-12-28)36(45)33(41-30)24-40-35(44)32-13-7-8-21-38-32;1-26(2)32(28-12-5-3-6-13-28)25-39-22-17-31(37-33(35(39)41)18-21-38-19-9-4-10-20-38)24-36-34(40)30-16-15-27-11-7-8-14-29(27)23-30/h1-19,21,30-31,33,41H,20,22-25H2,(H,39,43)(H,40,44);3,5-8,11-16,23,26,31-33,37H,4,9-10,17-22,24-25H2,1-2H3,(H,36,40)/t30-,33-;31-,32?,33-/m00/s1. The number of hydrogen-bond donors (Lipinski definition) is 5. The van der Waals surface area contributed by atoms with E-state index in [1.807, 2.05) is 89.8 Å². The Morgan fingerprint density at radius 3 is 1.80 bits per heavy atom. The molecule has 3 saturated heterocycles. The van der Waals surface area contributed by atoms with Gasteiger partial charge in [0.15, 0.2) is 0 Å². The number of rotatable bonds is 21. The summed E-state index contributed by atoms with van der Waals surface area (Å²) in [5.74, 6) is 0.0964. The van der Waals surface area contributed by atoms with Crippen molar-refractivity contribution in [1.29, 1.82) is 0 Å². The molecular weight excluding hydrogens is 1090 g/mol. The highest BCUT2D eigenvalue weighted by molar-refractivity contribution is 6.30. The van der Waals surface area contributed by atoms with Gasteiger partial charge in [-0.05, 0) is 127 Å². The van der Waals surface area contributed by atoms with Gasteiger partial charge >= 0.3 is 0 Å². The zero-order chi connectivity index (χ0) is 60.0. The molecule has 1 unspecified atom stereocenters. The summed E-state index contributed by atoms with van der Waals surface area (Å²) >= 11 is 5.95. The van der Waals surface area contributed by atoms with E-state index < -0.39 is 6.04 Å². The van der Waals surface area contributed by atoms with E-state index in [0.717, 1.165) is 66.5 Å². The van der Waals surface area contributed by atoms with Crippen LogP contribution in [0, 0.1) is 5.92 Å². The fourth-order valence-corrected chi connectivity index (χ4v) is 11.9. The van der Waals surface area contributed by atoms with Gasteiger partial charge in [-0.15, -0.1) is 0 Å². The molecule has 15 heteroatoms. The van der Waals surface area contributed by atoms with Crippen molar-refractivity contribution in [3.63, 3.8) is 0 Å². The van der Waals surface area contributed by atoms with Gasteiger partial charge in [-0.25, -0.2) is 0 Å². The molecule has 4 heterocycles. The van der Waals surface area contributed by atoms with Gasteiger partial charge in [0.05, 0.1) is 6.04 Å². The summed E-state index contributed by atoms with van der Waals surface area (Å²) in [6.45, 7) is 10.9. The van der Waals surface area contributed by atoms with E-state index in [-0.39, 0.29) is 71.7 Å². The highest BCUT2D eigenvalue weighted by Gasteiger charge is 2.35. The molecule has 1 aromatic heterocycles. The Kier molecular flexibility index (Phi) is 23.2. The molecule has 3 fully saturated rings. The monoisotopic (exact) mass is 1180 g/mol. The van der Waals surface area contributed by atoms with Crippen molar-refractivity contribution in [3.8, 4) is 0 Å². The Labute approximate surface area is 512 Å². The average Bonchev–Trinajstić information content (AvgIpc) is 4.02. The minimum absolute atomic E-state index is 0.0330. The summed E-state index contributed by atoms with van der Waals surface area (Å²) in [5, 5.41) is 18.9. The van der Waals surface area contributed by atoms with Crippen LogP contribution in [-0.4, -0.2) is 139 Å². The van der Waals surface area contributed by atoms with Crippen molar-refractivity contribution < 1.29 is 24.0 Å². The first-order valence-electron chi connectivity index (χ1n) is 30.6. The molecule has 5 N–H and O–H groups in total. The zero-order valence-electron chi connectivity index (χ0n) is 49.5. The molecule has 10 rings (SSSR count). The van der Waals surface area contributed by atoms with Gasteiger partial charge in [-0.1, -0.05) is 171 Å². The Bertz CT molecular complexity index is 3270. The van der Waals surface area contributed by atoms with Gasteiger partial charge in [-0.3, -0.25) is 34.3 Å². The van der Waals surface area contributed by atoms with Crippen LogP contribution in [0.5, 0.6) is 0 Å². The highest BCUT2D eigenvalue weighted by Crippen LogP contribution is 2.29. The number of halogens is 1. The molecule has 0 bridgehead atoms. The van der Waals surface area contributed by atoms with Crippen molar-refractivity contribution in [3.05, 3.63) is 227 Å². The van der Waals surface area contributed by atoms with E-state index in [0.29, 0.717) is 55.6 Å². The lowest BCUT2D eigenvalue weighted by atomic mass is 9.87. The number of aromatic nitrogens is 1. The van der Waals surface area contributed by atoms with Crippen molar-refractivity contribution >= 4 is 58.0 Å². The summed E-state index contributed by atoms with van der Waals surface area (Å²) in [7, 11) is 0. The van der Waals surface area contributed by atoms with E-state index in [9.17, 15) is 24.0 Å². The first kappa shape index (κ1) is 62.5. The normalized spacial score (nSPS) is 18.9. The number of nitrogens with zero attached hydrogens (tertiary/aromatic N) is 4. The molecule has 14 nitrogen and oxygen atoms in total. The SMILES string of the molecule is CC(C)C(CN1CC[C@@H](CNC(=O)c2ccc3ccccc3c2)N[C@@H](CCN2CCCCC2)C1=O)c1ccccc1.O=C(C=Cc1ccc(Cl)cc1)NC[C@@H]1CCN(CC(c2ccccc2)c2ccccc2)C(=O)[C@H](CNC(=O)c2ccccn2)N1. The van der Waals surface area contributed by atoms with E-state index in [1.54, 1.807) is 42.6 Å². The molecule has 5 amide bonds. The largest absolute Gasteiger partial charge is 0.351 e. The molecule has 448 valence electrons. The number of likely N-dealkylation sites (tertiary alicyclic amines) is 1. The molecule has 0 saturated carbocycles. The molecule has 86 heavy (non-hydrogen) atoms. The zero-order valence-corrected chi connectivity index (χ0v) is 50.3. The fourth-order valence-electron chi connectivity index (χ4n) is 11.8. The van der Waals surface area contributed by atoms with Gasteiger partial charge in [0, 0.05) is 99.1 Å². The van der Waals surface area contributed by atoms with E-state index in [2.05, 4.69) is 116 Å². The number of benzene rings is 6. The average molecular weight is 1180 g/mol. The number of nitrogens with one attached hydrogen (secondary N) is 5. The third-order valence-electron chi connectivity index (χ3n) is 16.7. The lowest BCUT2D eigenvalue weighted by molar-refractivity contribution is -0.133. The smallest absolute Gasteiger partial charge is 0.269 e. The minimum Gasteiger partial charge on any atom is -0.351 e. The van der Waals surface area contributed by atoms with Crippen LogP contribution in [0.4, 0.5) is 0 Å². The molecule has 0 spiro atoms. The molecule has 6 aromatic carbocycles. The van der Waals surface area contributed by atoms with Gasteiger partial charge in [-0.2, -0.15) is 0 Å². The van der Waals surface area contributed by atoms with Crippen LogP contribution >= 0.6 is 11.6 Å². The second-order valence-electron chi connectivity index (χ2n) is 23.1. The Balaban J connectivity index is 0.000000206. The molecule has 5 atom stereocenters. The predicted octanol–water partition coefficient (Wildman–Crippen LogP) is 10.1. The summed E-state index contributed by atoms with van der Waals surface area (Å²) in [5.41, 5.74) is 5.32. The maximum Gasteiger partial charge on any atom is 0.269 e. The van der Waals surface area contributed by atoms with Crippen molar-refractivity contribution in [1.82, 2.24) is 46.3 Å². The summed E-state index contributed by atoms with van der Waals surface area (Å²) in [4.78, 5) is 77.2. The van der Waals surface area contributed by atoms with Crippen molar-refractivity contribution in [2.75, 3.05) is 65.4 Å². The number of fused-ring (bicyclic) bond motifs is 1. The summed E-state index contributed by atoms with van der Waals surface area (Å²) in [6, 6.07) is 56.1. The first-order valence-corrected chi connectivity index (χ1v) is 31.0. The van der Waals surface area contributed by atoms with Crippen molar-refractivity contribution in [2.24, 2.45) is 5.92 Å². The molecular formula is C71H82ClN9O5. The van der Waals surface area contributed by atoms with Crippen LogP contribution in [0.2, 0.25) is 5.02 Å². The van der Waals surface area contributed by atoms with Crippen LogP contribution in [-0.2, 0) is 14.4 Å². The molecule has 7 aromatic rings. The van der Waals surface area contributed by atoms with Gasteiger partial charge in [0.25, 0.3) is 11.8 Å². The first-order chi connectivity index (χ1) is 41.9. The number of amides is 5. The van der Waals surface area contributed by atoms with Gasteiger partial charge in [0.2, 0.25) is 17.7 Å². The van der Waals surface area contributed by atoms with Gasteiger partial charge < -0.3 is 36.0 Å². The number of pyridine rings is 1. The Hall–Kier alpha value is -8.01. The van der Waals surface area contributed by atoms with Crippen LogP contribution in [0.1, 0.15) is 107 Å². The van der Waals surface area contributed by atoms with Gasteiger partial charge in [0.1, 0.15) is 11.7 Å². The topological polar surface area (TPSA) is 168 Å². The minimum atomic E-state index is -0.695. The summed E-state index contributed by atoms with van der Waals surface area (Å²) in [6.07, 6.45) is 10.8. The predicted molar refractivity (Wildman–Crippen MR) is 344 cm³/mol. The van der Waals surface area contributed by atoms with E-state index in [1.165, 1.54) is 30.9 Å². The lowest BCUT2D eigenvalue weighted by Crippen LogP contribution is -2.54. The second kappa shape index (κ2) is 31.9. The van der Waals surface area contributed by atoms with E-state index >= 15 is 0 Å². The quantitative estimate of drug-likeness (QED) is 0.0440. The van der Waals surface area contributed by atoms with Crippen LogP contribution in [0.25, 0.3) is 16.8 Å². The third kappa shape index (κ3) is 18.3. The molecule has 3 aliphatic rings. The van der Waals surface area contributed by atoms with Crippen LogP contribution in [0.15, 0.2) is 188 Å².